The first kappa shape index (κ1) is 17.3. The van der Waals surface area contributed by atoms with Crippen molar-refractivity contribution >= 4 is 27.7 Å². The van der Waals surface area contributed by atoms with Crippen LogP contribution in [0, 0.1) is 6.92 Å². The van der Waals surface area contributed by atoms with Gasteiger partial charge in [-0.2, -0.15) is 17.6 Å². The Kier molecular flexibility index (Phi) is 5.22. The molecule has 0 aliphatic heterocycles. The summed E-state index contributed by atoms with van der Waals surface area (Å²) in [6.07, 6.45) is -1.01. The Labute approximate surface area is 139 Å². The first-order chi connectivity index (χ1) is 10.2. The summed E-state index contributed by atoms with van der Waals surface area (Å²) in [5, 5.41) is -4.19. The van der Waals surface area contributed by atoms with Gasteiger partial charge in [0.1, 0.15) is 0 Å². The molecule has 0 unspecified atom stereocenters. The first-order valence-electron chi connectivity index (χ1n) is 6.45. The molecule has 0 saturated carbocycles. The Hall–Kier alpha value is -1.01. The van der Waals surface area contributed by atoms with Crippen LogP contribution in [-0.2, 0) is 6.42 Å². The molecule has 0 fully saturated rings. The number of aryl methyl sites for hydroxylation is 1. The number of benzene rings is 2. The van der Waals surface area contributed by atoms with Crippen molar-refractivity contribution < 1.29 is 17.6 Å². The summed E-state index contributed by atoms with van der Waals surface area (Å²) in [6, 6.07) is 12.0. The highest BCUT2D eigenvalue weighted by Gasteiger charge is 2.56. The highest BCUT2D eigenvalue weighted by Crippen LogP contribution is 2.48. The molecule has 2 aromatic carbocycles. The summed E-state index contributed by atoms with van der Waals surface area (Å²) in [6.45, 7) is 1.80. The van der Waals surface area contributed by atoms with E-state index in [9.17, 15) is 17.6 Å². The molecule has 22 heavy (non-hydrogen) atoms. The van der Waals surface area contributed by atoms with Crippen molar-refractivity contribution in [3.63, 3.8) is 0 Å². The van der Waals surface area contributed by atoms with E-state index in [1.807, 2.05) is 0 Å². The molecule has 0 spiro atoms. The minimum absolute atomic E-state index is 0.109. The molecule has 0 aliphatic carbocycles. The molecule has 2 rings (SSSR count). The minimum atomic E-state index is -4.19. The molecule has 0 atom stereocenters. The Morgan fingerprint density at radius 3 is 2.00 bits per heavy atom. The molecule has 0 bridgehead atoms. The van der Waals surface area contributed by atoms with E-state index in [0.29, 0.717) is 4.47 Å². The van der Waals surface area contributed by atoms with Gasteiger partial charge < -0.3 is 0 Å². The molecule has 0 aliphatic rings. The maximum Gasteiger partial charge on any atom is 0.360 e. The Morgan fingerprint density at radius 2 is 1.45 bits per heavy atom. The SMILES string of the molecule is Cc1ccc(SC(F)(F)C(F)(F)Cc2ccc(Br)cc2)cc1. The molecule has 118 valence electrons. The van der Waals surface area contributed by atoms with Gasteiger partial charge in [-0.05, 0) is 48.5 Å². The van der Waals surface area contributed by atoms with Gasteiger partial charge in [0.2, 0.25) is 0 Å². The second kappa shape index (κ2) is 6.62. The number of thioether (sulfide) groups is 1. The summed E-state index contributed by atoms with van der Waals surface area (Å²) < 4.78 is 56.6. The zero-order chi connectivity index (χ0) is 16.4. The van der Waals surface area contributed by atoms with Crippen molar-refractivity contribution in [2.75, 3.05) is 0 Å². The van der Waals surface area contributed by atoms with Crippen LogP contribution in [-0.4, -0.2) is 11.2 Å². The lowest BCUT2D eigenvalue weighted by molar-refractivity contribution is -0.150. The van der Waals surface area contributed by atoms with E-state index in [-0.39, 0.29) is 22.2 Å². The second-order valence-corrected chi connectivity index (χ2v) is 7.04. The zero-order valence-corrected chi connectivity index (χ0v) is 14.0. The summed E-state index contributed by atoms with van der Waals surface area (Å²) in [4.78, 5) is 0.117. The molecule has 6 heteroatoms. The van der Waals surface area contributed by atoms with Gasteiger partial charge in [0.05, 0.1) is 0 Å². The van der Waals surface area contributed by atoms with Crippen molar-refractivity contribution in [2.45, 2.75) is 29.4 Å². The van der Waals surface area contributed by atoms with Gasteiger partial charge in [-0.15, -0.1) is 0 Å². The van der Waals surface area contributed by atoms with Crippen molar-refractivity contribution in [1.29, 1.82) is 0 Å². The van der Waals surface area contributed by atoms with Crippen LogP contribution in [0.1, 0.15) is 11.1 Å². The summed E-state index contributed by atoms with van der Waals surface area (Å²) in [5.41, 5.74) is 1.05. The monoisotopic (exact) mass is 392 g/mol. The number of rotatable bonds is 5. The number of hydrogen-bond acceptors (Lipinski definition) is 1. The zero-order valence-electron chi connectivity index (χ0n) is 11.6. The van der Waals surface area contributed by atoms with Crippen molar-refractivity contribution in [3.8, 4) is 0 Å². The third-order valence-corrected chi connectivity index (χ3v) is 4.62. The molecule has 0 nitrogen and oxygen atoms in total. The number of alkyl halides is 4. The third kappa shape index (κ3) is 4.26. The van der Waals surface area contributed by atoms with Crippen LogP contribution >= 0.6 is 27.7 Å². The maximum atomic E-state index is 14.0. The quantitative estimate of drug-likeness (QED) is 0.423. The van der Waals surface area contributed by atoms with Gasteiger partial charge in [0.15, 0.2) is 0 Å². The van der Waals surface area contributed by atoms with Crippen LogP contribution < -0.4 is 0 Å². The lowest BCUT2D eigenvalue weighted by Gasteiger charge is -2.26. The average molecular weight is 393 g/mol. The number of halogens is 5. The van der Waals surface area contributed by atoms with Crippen molar-refractivity contribution in [2.24, 2.45) is 0 Å². The third-order valence-electron chi connectivity index (χ3n) is 3.03. The molecular formula is C16H13BrF4S. The van der Waals surface area contributed by atoms with Crippen LogP contribution in [0.5, 0.6) is 0 Å². The molecule has 0 saturated heterocycles. The molecule has 2 aromatic rings. The van der Waals surface area contributed by atoms with Gasteiger partial charge in [0, 0.05) is 15.8 Å². The fraction of sp³-hybridized carbons (Fsp3) is 0.250. The fourth-order valence-corrected chi connectivity index (χ4v) is 2.84. The van der Waals surface area contributed by atoms with E-state index in [0.717, 1.165) is 5.56 Å². The van der Waals surface area contributed by atoms with Crippen LogP contribution in [0.25, 0.3) is 0 Å². The smallest absolute Gasteiger partial charge is 0.198 e. The summed E-state index contributed by atoms with van der Waals surface area (Å²) in [5.74, 6) is -4.14. The van der Waals surface area contributed by atoms with Crippen LogP contribution in [0.2, 0.25) is 0 Å². The van der Waals surface area contributed by atoms with E-state index in [1.165, 1.54) is 24.3 Å². The Morgan fingerprint density at radius 1 is 0.909 bits per heavy atom. The molecule has 0 radical (unpaired) electrons. The van der Waals surface area contributed by atoms with Crippen molar-refractivity contribution in [1.82, 2.24) is 0 Å². The Balaban J connectivity index is 2.14. The highest BCUT2D eigenvalue weighted by atomic mass is 79.9. The molecular weight excluding hydrogens is 380 g/mol. The lowest BCUT2D eigenvalue weighted by Crippen LogP contribution is -2.39. The van der Waals surface area contributed by atoms with E-state index in [4.69, 9.17) is 0 Å². The first-order valence-corrected chi connectivity index (χ1v) is 8.06. The number of hydrogen-bond donors (Lipinski definition) is 0. The predicted octanol–water partition coefficient (Wildman–Crippen LogP) is 6.32. The highest BCUT2D eigenvalue weighted by molar-refractivity contribution is 9.10. The van der Waals surface area contributed by atoms with Gasteiger partial charge in [-0.1, -0.05) is 45.8 Å². The summed E-state index contributed by atoms with van der Waals surface area (Å²) >= 11 is 3.07. The minimum Gasteiger partial charge on any atom is -0.198 e. The van der Waals surface area contributed by atoms with Gasteiger partial charge in [0.25, 0.3) is 0 Å². The molecule has 0 amide bonds. The average Bonchev–Trinajstić information content (AvgIpc) is 2.43. The van der Waals surface area contributed by atoms with Crippen LogP contribution in [0.15, 0.2) is 57.9 Å². The molecule has 0 N–H and O–H groups in total. The van der Waals surface area contributed by atoms with E-state index in [2.05, 4.69) is 15.9 Å². The molecule has 0 aromatic heterocycles. The van der Waals surface area contributed by atoms with Crippen molar-refractivity contribution in [3.05, 3.63) is 64.1 Å². The molecule has 0 heterocycles. The normalized spacial score (nSPS) is 12.5. The van der Waals surface area contributed by atoms with Crippen LogP contribution in [0.3, 0.4) is 0 Å². The second-order valence-electron chi connectivity index (χ2n) is 4.94. The van der Waals surface area contributed by atoms with Crippen LogP contribution in [0.4, 0.5) is 17.6 Å². The lowest BCUT2D eigenvalue weighted by atomic mass is 10.1. The largest absolute Gasteiger partial charge is 0.360 e. The Bertz CT molecular complexity index is 566. The fourth-order valence-electron chi connectivity index (χ4n) is 1.79. The van der Waals surface area contributed by atoms with Gasteiger partial charge in [-0.3, -0.25) is 0 Å². The standard InChI is InChI=1S/C16H13BrF4S/c1-11-2-8-14(9-3-11)22-16(20,21)15(18,19)10-12-4-6-13(17)7-5-12/h2-9H,10H2,1H3. The topological polar surface area (TPSA) is 0 Å². The maximum absolute atomic E-state index is 14.0. The van der Waals surface area contributed by atoms with Gasteiger partial charge >= 0.3 is 11.2 Å². The van der Waals surface area contributed by atoms with E-state index < -0.39 is 17.6 Å². The predicted molar refractivity (Wildman–Crippen MR) is 84.8 cm³/mol. The van der Waals surface area contributed by atoms with E-state index in [1.54, 1.807) is 31.2 Å². The van der Waals surface area contributed by atoms with E-state index >= 15 is 0 Å². The summed E-state index contributed by atoms with van der Waals surface area (Å²) in [7, 11) is 0. The van der Waals surface area contributed by atoms with Gasteiger partial charge in [-0.25, -0.2) is 0 Å².